The van der Waals surface area contributed by atoms with Gasteiger partial charge in [0.05, 0.1) is 0 Å². The molecular formula is C26H38O2. The molecule has 2 aromatic rings. The van der Waals surface area contributed by atoms with Crippen molar-refractivity contribution >= 4 is 0 Å². The van der Waals surface area contributed by atoms with E-state index in [9.17, 15) is 10.2 Å². The molecule has 0 fully saturated rings. The molecular weight excluding hydrogens is 344 g/mol. The summed E-state index contributed by atoms with van der Waals surface area (Å²) < 4.78 is 0. The van der Waals surface area contributed by atoms with Crippen molar-refractivity contribution in [1.29, 1.82) is 0 Å². The van der Waals surface area contributed by atoms with Gasteiger partial charge >= 0.3 is 0 Å². The van der Waals surface area contributed by atoms with Crippen LogP contribution >= 0.6 is 0 Å². The molecule has 0 saturated carbocycles. The second-order valence-electron chi connectivity index (χ2n) is 8.50. The molecule has 0 saturated heterocycles. The zero-order valence-corrected chi connectivity index (χ0v) is 18.4. The van der Waals surface area contributed by atoms with Crippen molar-refractivity contribution in [3.8, 4) is 11.5 Å². The first kappa shape index (κ1) is 22.3. The second kappa shape index (κ2) is 10.5. The number of aryl methyl sites for hydroxylation is 4. The van der Waals surface area contributed by atoms with Gasteiger partial charge in [-0.05, 0) is 45.2 Å². The van der Waals surface area contributed by atoms with E-state index >= 15 is 0 Å². The standard InChI is InChI=1S/C26H38O2/c1-6-7-8-9-10-11-12-13-22(23-16-18(2)14-20(4)25(23)27)24-17-19(3)15-21(5)26(24)28/h14-17,22,27-28H,6-13H2,1-5H3. The molecule has 0 aliphatic carbocycles. The lowest BCUT2D eigenvalue weighted by Crippen LogP contribution is -2.05. The summed E-state index contributed by atoms with van der Waals surface area (Å²) in [7, 11) is 0. The fourth-order valence-corrected chi connectivity index (χ4v) is 4.30. The highest BCUT2D eigenvalue weighted by molar-refractivity contribution is 5.53. The monoisotopic (exact) mass is 382 g/mol. The van der Waals surface area contributed by atoms with Crippen LogP contribution in [-0.4, -0.2) is 10.2 Å². The highest BCUT2D eigenvalue weighted by Crippen LogP contribution is 2.42. The van der Waals surface area contributed by atoms with Crippen LogP contribution in [0.4, 0.5) is 0 Å². The molecule has 2 rings (SSSR count). The lowest BCUT2D eigenvalue weighted by Gasteiger charge is -2.23. The third-order valence-corrected chi connectivity index (χ3v) is 5.80. The van der Waals surface area contributed by atoms with E-state index in [1.165, 1.54) is 38.5 Å². The molecule has 0 heterocycles. The van der Waals surface area contributed by atoms with Crippen LogP contribution in [0.2, 0.25) is 0 Å². The van der Waals surface area contributed by atoms with Crippen molar-refractivity contribution in [1.82, 2.24) is 0 Å². The van der Waals surface area contributed by atoms with E-state index in [-0.39, 0.29) is 5.92 Å². The first-order valence-electron chi connectivity index (χ1n) is 10.9. The maximum absolute atomic E-state index is 10.8. The number of benzene rings is 2. The fraction of sp³-hybridized carbons (Fsp3) is 0.538. The minimum absolute atomic E-state index is 0.0211. The normalized spacial score (nSPS) is 11.4. The molecule has 0 atom stereocenters. The number of phenolic OH excluding ortho intramolecular Hbond substituents is 2. The predicted molar refractivity (Wildman–Crippen MR) is 120 cm³/mol. The molecule has 0 aliphatic heterocycles. The third-order valence-electron chi connectivity index (χ3n) is 5.80. The van der Waals surface area contributed by atoms with E-state index in [1.807, 2.05) is 26.0 Å². The number of hydrogen-bond donors (Lipinski definition) is 2. The Balaban J connectivity index is 2.28. The average Bonchev–Trinajstić information content (AvgIpc) is 2.64. The molecule has 0 amide bonds. The Kier molecular flexibility index (Phi) is 8.41. The van der Waals surface area contributed by atoms with Crippen LogP contribution in [0.5, 0.6) is 11.5 Å². The van der Waals surface area contributed by atoms with Crippen LogP contribution in [0.15, 0.2) is 24.3 Å². The van der Waals surface area contributed by atoms with Gasteiger partial charge in [0.2, 0.25) is 0 Å². The molecule has 0 aliphatic rings. The van der Waals surface area contributed by atoms with Gasteiger partial charge in [-0.2, -0.15) is 0 Å². The Morgan fingerprint density at radius 3 is 1.54 bits per heavy atom. The Morgan fingerprint density at radius 2 is 1.07 bits per heavy atom. The van der Waals surface area contributed by atoms with Crippen LogP contribution < -0.4 is 0 Å². The van der Waals surface area contributed by atoms with Gasteiger partial charge in [0.1, 0.15) is 11.5 Å². The Labute approximate surface area is 171 Å². The van der Waals surface area contributed by atoms with Gasteiger partial charge in [0.15, 0.2) is 0 Å². The molecule has 0 bridgehead atoms. The Morgan fingerprint density at radius 1 is 0.643 bits per heavy atom. The van der Waals surface area contributed by atoms with Gasteiger partial charge in [0, 0.05) is 17.0 Å². The van der Waals surface area contributed by atoms with E-state index in [0.717, 1.165) is 46.2 Å². The largest absolute Gasteiger partial charge is 0.507 e. The van der Waals surface area contributed by atoms with E-state index in [0.29, 0.717) is 11.5 Å². The van der Waals surface area contributed by atoms with E-state index in [2.05, 4.69) is 32.9 Å². The van der Waals surface area contributed by atoms with Crippen molar-refractivity contribution < 1.29 is 10.2 Å². The molecule has 28 heavy (non-hydrogen) atoms. The minimum Gasteiger partial charge on any atom is -0.507 e. The molecule has 0 spiro atoms. The van der Waals surface area contributed by atoms with Crippen LogP contribution in [-0.2, 0) is 0 Å². The second-order valence-corrected chi connectivity index (χ2v) is 8.50. The quantitative estimate of drug-likeness (QED) is 0.415. The summed E-state index contributed by atoms with van der Waals surface area (Å²) in [5.41, 5.74) is 6.01. The number of aromatic hydroxyl groups is 2. The van der Waals surface area contributed by atoms with Gasteiger partial charge < -0.3 is 10.2 Å². The molecule has 154 valence electrons. The van der Waals surface area contributed by atoms with Crippen LogP contribution in [0.25, 0.3) is 0 Å². The van der Waals surface area contributed by atoms with Gasteiger partial charge in [-0.3, -0.25) is 0 Å². The van der Waals surface area contributed by atoms with Gasteiger partial charge in [0.25, 0.3) is 0 Å². The lowest BCUT2D eigenvalue weighted by atomic mass is 9.83. The number of phenols is 2. The summed E-state index contributed by atoms with van der Waals surface area (Å²) in [5.74, 6) is 0.766. The van der Waals surface area contributed by atoms with E-state index in [4.69, 9.17) is 0 Å². The fourth-order valence-electron chi connectivity index (χ4n) is 4.30. The smallest absolute Gasteiger partial charge is 0.122 e. The van der Waals surface area contributed by atoms with Crippen molar-refractivity contribution in [3.63, 3.8) is 0 Å². The molecule has 2 N–H and O–H groups in total. The highest BCUT2D eigenvalue weighted by Gasteiger charge is 2.23. The topological polar surface area (TPSA) is 40.5 Å². The van der Waals surface area contributed by atoms with Crippen molar-refractivity contribution in [2.75, 3.05) is 0 Å². The van der Waals surface area contributed by atoms with Crippen LogP contribution in [0, 0.1) is 27.7 Å². The van der Waals surface area contributed by atoms with Gasteiger partial charge in [-0.1, -0.05) is 87.3 Å². The zero-order chi connectivity index (χ0) is 20.7. The molecule has 2 nitrogen and oxygen atoms in total. The summed E-state index contributed by atoms with van der Waals surface area (Å²) in [6.45, 7) is 10.3. The predicted octanol–water partition coefficient (Wildman–Crippen LogP) is 7.60. The lowest BCUT2D eigenvalue weighted by molar-refractivity contribution is 0.443. The van der Waals surface area contributed by atoms with Crippen molar-refractivity contribution in [2.45, 2.75) is 91.9 Å². The number of hydrogen-bond acceptors (Lipinski definition) is 2. The first-order valence-corrected chi connectivity index (χ1v) is 10.9. The van der Waals surface area contributed by atoms with E-state index < -0.39 is 0 Å². The minimum atomic E-state index is 0.0211. The SMILES string of the molecule is CCCCCCCCCC(c1cc(C)cc(C)c1O)c1cc(C)cc(C)c1O. The zero-order valence-electron chi connectivity index (χ0n) is 18.4. The molecule has 0 unspecified atom stereocenters. The summed E-state index contributed by atoms with van der Waals surface area (Å²) in [4.78, 5) is 0. The van der Waals surface area contributed by atoms with Crippen LogP contribution in [0.3, 0.4) is 0 Å². The highest BCUT2D eigenvalue weighted by atomic mass is 16.3. The summed E-state index contributed by atoms with van der Waals surface area (Å²) >= 11 is 0. The maximum atomic E-state index is 10.8. The maximum Gasteiger partial charge on any atom is 0.122 e. The Bertz CT molecular complexity index is 719. The summed E-state index contributed by atoms with van der Waals surface area (Å²) in [5, 5.41) is 21.6. The van der Waals surface area contributed by atoms with Crippen molar-refractivity contribution in [2.24, 2.45) is 0 Å². The molecule has 2 heteroatoms. The molecule has 0 aromatic heterocycles. The Hall–Kier alpha value is -1.96. The average molecular weight is 383 g/mol. The first-order chi connectivity index (χ1) is 13.3. The molecule has 0 radical (unpaired) electrons. The summed E-state index contributed by atoms with van der Waals surface area (Å²) in [6, 6.07) is 8.21. The number of unbranched alkanes of at least 4 members (excludes halogenated alkanes) is 6. The summed E-state index contributed by atoms with van der Waals surface area (Å²) in [6.07, 6.45) is 9.77. The van der Waals surface area contributed by atoms with Crippen LogP contribution in [0.1, 0.15) is 97.6 Å². The van der Waals surface area contributed by atoms with E-state index in [1.54, 1.807) is 0 Å². The molecule has 2 aromatic carbocycles. The third kappa shape index (κ3) is 5.77. The number of rotatable bonds is 10. The van der Waals surface area contributed by atoms with Crippen molar-refractivity contribution in [3.05, 3.63) is 57.6 Å². The van der Waals surface area contributed by atoms with Gasteiger partial charge in [-0.25, -0.2) is 0 Å². The van der Waals surface area contributed by atoms with Gasteiger partial charge in [-0.15, -0.1) is 0 Å².